The Morgan fingerprint density at radius 2 is 1.68 bits per heavy atom. The van der Waals surface area contributed by atoms with E-state index in [0.717, 1.165) is 42.1 Å². The van der Waals surface area contributed by atoms with Gasteiger partial charge in [0.15, 0.2) is 0 Å². The van der Waals surface area contributed by atoms with Gasteiger partial charge >= 0.3 is 6.03 Å². The molecule has 0 radical (unpaired) electrons. The van der Waals surface area contributed by atoms with Crippen LogP contribution in [0.1, 0.15) is 41.2 Å². The summed E-state index contributed by atoms with van der Waals surface area (Å²) < 4.78 is 5.73. The Labute approximate surface area is 224 Å². The number of anilines is 1. The van der Waals surface area contributed by atoms with Crippen molar-refractivity contribution in [2.75, 3.05) is 5.32 Å². The SMILES string of the molecule is O=C(Nc1cccc2ccccc12)NC1CCCCC1NC(=O)c1csc(COc2ccc(Cl)cc2)n1. The Morgan fingerprint density at radius 1 is 0.946 bits per heavy atom. The normalized spacial score (nSPS) is 17.2. The predicted molar refractivity (Wildman–Crippen MR) is 148 cm³/mol. The summed E-state index contributed by atoms with van der Waals surface area (Å²) in [5.74, 6) is 0.436. The number of nitrogens with zero attached hydrogens (tertiary/aromatic N) is 1. The van der Waals surface area contributed by atoms with Gasteiger partial charge in [0.2, 0.25) is 0 Å². The monoisotopic (exact) mass is 534 g/mol. The molecule has 0 aliphatic heterocycles. The minimum atomic E-state index is -0.280. The van der Waals surface area contributed by atoms with Crippen molar-refractivity contribution in [1.82, 2.24) is 15.6 Å². The van der Waals surface area contributed by atoms with Crippen molar-refractivity contribution in [3.63, 3.8) is 0 Å². The number of rotatable bonds is 7. The maximum absolute atomic E-state index is 13.0. The lowest BCUT2D eigenvalue weighted by atomic mass is 9.90. The van der Waals surface area contributed by atoms with E-state index in [9.17, 15) is 9.59 Å². The molecule has 0 bridgehead atoms. The van der Waals surface area contributed by atoms with E-state index in [1.54, 1.807) is 29.6 Å². The number of benzene rings is 3. The molecule has 9 heteroatoms. The van der Waals surface area contributed by atoms with E-state index in [-0.39, 0.29) is 30.6 Å². The first-order chi connectivity index (χ1) is 18.0. The van der Waals surface area contributed by atoms with Gasteiger partial charge in [-0.05, 0) is 48.6 Å². The van der Waals surface area contributed by atoms with E-state index in [2.05, 4.69) is 20.9 Å². The smallest absolute Gasteiger partial charge is 0.319 e. The molecule has 1 aromatic heterocycles. The second kappa shape index (κ2) is 11.6. The lowest BCUT2D eigenvalue weighted by molar-refractivity contribution is 0.0911. The fourth-order valence-electron chi connectivity index (χ4n) is 4.54. The van der Waals surface area contributed by atoms with Gasteiger partial charge in [0, 0.05) is 21.8 Å². The maximum Gasteiger partial charge on any atom is 0.319 e. The molecule has 7 nitrogen and oxygen atoms in total. The van der Waals surface area contributed by atoms with Gasteiger partial charge in [-0.15, -0.1) is 11.3 Å². The highest BCUT2D eigenvalue weighted by Gasteiger charge is 2.29. The molecule has 3 aromatic carbocycles. The number of fused-ring (bicyclic) bond motifs is 1. The summed E-state index contributed by atoms with van der Waals surface area (Å²) in [6, 6.07) is 20.2. The average Bonchev–Trinajstić information content (AvgIpc) is 3.39. The third-order valence-electron chi connectivity index (χ3n) is 6.40. The number of hydrogen-bond donors (Lipinski definition) is 3. The number of aromatic nitrogens is 1. The van der Waals surface area contributed by atoms with E-state index in [1.165, 1.54) is 11.3 Å². The Kier molecular flexibility index (Phi) is 7.87. The average molecular weight is 535 g/mol. The zero-order valence-electron chi connectivity index (χ0n) is 20.1. The van der Waals surface area contributed by atoms with Gasteiger partial charge in [0.05, 0.1) is 11.7 Å². The van der Waals surface area contributed by atoms with Crippen LogP contribution in [0.2, 0.25) is 5.02 Å². The standard InChI is InChI=1S/C28H27ClN4O3S/c29-19-12-14-20(15-13-19)36-16-26-30-25(17-37-26)27(34)31-23-9-3-4-10-24(23)33-28(35)32-22-11-5-7-18-6-1-2-8-21(18)22/h1-2,5-8,11-15,17,23-24H,3-4,9-10,16H2,(H,31,34)(H2,32,33,35). The van der Waals surface area contributed by atoms with E-state index in [4.69, 9.17) is 16.3 Å². The van der Waals surface area contributed by atoms with Crippen molar-refractivity contribution in [2.24, 2.45) is 0 Å². The highest BCUT2D eigenvalue weighted by Crippen LogP contribution is 2.24. The molecule has 3 amide bonds. The van der Waals surface area contributed by atoms with E-state index < -0.39 is 0 Å². The molecule has 190 valence electrons. The lowest BCUT2D eigenvalue weighted by Crippen LogP contribution is -2.54. The van der Waals surface area contributed by atoms with Crippen LogP contribution < -0.4 is 20.7 Å². The zero-order chi connectivity index (χ0) is 25.6. The first kappa shape index (κ1) is 25.0. The molecule has 1 aliphatic carbocycles. The number of amides is 3. The summed E-state index contributed by atoms with van der Waals surface area (Å²) in [6.45, 7) is 0.265. The molecule has 37 heavy (non-hydrogen) atoms. The second-order valence-corrected chi connectivity index (χ2v) is 10.3. The molecule has 3 N–H and O–H groups in total. The fraction of sp³-hybridized carbons (Fsp3) is 0.250. The topological polar surface area (TPSA) is 92.4 Å². The largest absolute Gasteiger partial charge is 0.486 e. The van der Waals surface area contributed by atoms with E-state index >= 15 is 0 Å². The molecule has 2 unspecified atom stereocenters. The van der Waals surface area contributed by atoms with Crippen LogP contribution in [0.15, 0.2) is 72.1 Å². The van der Waals surface area contributed by atoms with Crippen LogP contribution in [0.5, 0.6) is 5.75 Å². The third kappa shape index (κ3) is 6.39. The van der Waals surface area contributed by atoms with Gasteiger partial charge < -0.3 is 20.7 Å². The fourth-order valence-corrected chi connectivity index (χ4v) is 5.35. The van der Waals surface area contributed by atoms with Gasteiger partial charge in [-0.3, -0.25) is 4.79 Å². The Balaban J connectivity index is 1.17. The van der Waals surface area contributed by atoms with E-state index in [0.29, 0.717) is 21.5 Å². The Hall–Kier alpha value is -3.62. The van der Waals surface area contributed by atoms with Crippen LogP contribution in [0, 0.1) is 0 Å². The number of carbonyl (C=O) groups excluding carboxylic acids is 2. The molecule has 4 aromatic rings. The summed E-state index contributed by atoms with van der Waals surface area (Å²) in [5, 5.41) is 14.2. The zero-order valence-corrected chi connectivity index (χ0v) is 21.6. The first-order valence-electron chi connectivity index (χ1n) is 12.2. The van der Waals surface area contributed by atoms with Gasteiger partial charge in [-0.25, -0.2) is 9.78 Å². The molecule has 2 atom stereocenters. The maximum atomic E-state index is 13.0. The number of urea groups is 1. The Bertz CT molecular complexity index is 1390. The van der Waals surface area contributed by atoms with Crippen LogP contribution in [0.3, 0.4) is 0 Å². The van der Waals surface area contributed by atoms with Crippen molar-refractivity contribution in [1.29, 1.82) is 0 Å². The number of ether oxygens (including phenoxy) is 1. The van der Waals surface area contributed by atoms with Crippen molar-refractivity contribution in [3.05, 3.63) is 87.8 Å². The minimum Gasteiger partial charge on any atom is -0.486 e. The summed E-state index contributed by atoms with van der Waals surface area (Å²) >= 11 is 7.28. The lowest BCUT2D eigenvalue weighted by Gasteiger charge is -2.32. The molecule has 1 heterocycles. The van der Waals surface area contributed by atoms with Gasteiger partial charge in [0.25, 0.3) is 5.91 Å². The molecule has 1 aliphatic rings. The molecule has 0 saturated heterocycles. The van der Waals surface area contributed by atoms with Gasteiger partial charge in [-0.1, -0.05) is 60.8 Å². The molecule has 0 spiro atoms. The third-order valence-corrected chi connectivity index (χ3v) is 7.47. The summed E-state index contributed by atoms with van der Waals surface area (Å²) in [5.41, 5.74) is 1.10. The van der Waals surface area contributed by atoms with Crippen molar-refractivity contribution in [2.45, 2.75) is 44.4 Å². The molecule has 1 saturated carbocycles. The first-order valence-corrected chi connectivity index (χ1v) is 13.5. The quantitative estimate of drug-likeness (QED) is 0.256. The summed E-state index contributed by atoms with van der Waals surface area (Å²) in [6.07, 6.45) is 3.58. The number of halogens is 1. The van der Waals surface area contributed by atoms with Crippen molar-refractivity contribution < 1.29 is 14.3 Å². The van der Waals surface area contributed by atoms with Crippen LogP contribution in [-0.2, 0) is 6.61 Å². The minimum absolute atomic E-state index is 0.168. The van der Waals surface area contributed by atoms with E-state index in [1.807, 2.05) is 42.5 Å². The summed E-state index contributed by atoms with van der Waals surface area (Å²) in [4.78, 5) is 30.3. The Morgan fingerprint density at radius 3 is 2.49 bits per heavy atom. The predicted octanol–water partition coefficient (Wildman–Crippen LogP) is 6.39. The number of nitrogens with one attached hydrogen (secondary N) is 3. The molecular formula is C28H27ClN4O3S. The highest BCUT2D eigenvalue weighted by atomic mass is 35.5. The van der Waals surface area contributed by atoms with Crippen LogP contribution in [0.25, 0.3) is 10.8 Å². The molecule has 1 fully saturated rings. The van der Waals surface area contributed by atoms with Crippen LogP contribution >= 0.6 is 22.9 Å². The van der Waals surface area contributed by atoms with Crippen molar-refractivity contribution >= 4 is 51.3 Å². The van der Waals surface area contributed by atoms with Crippen molar-refractivity contribution in [3.8, 4) is 5.75 Å². The molecule has 5 rings (SSSR count). The number of thiazole rings is 1. The van der Waals surface area contributed by atoms with Crippen LogP contribution in [0.4, 0.5) is 10.5 Å². The molecular weight excluding hydrogens is 508 g/mol. The summed E-state index contributed by atoms with van der Waals surface area (Å²) in [7, 11) is 0. The number of hydrogen-bond acceptors (Lipinski definition) is 5. The number of carbonyl (C=O) groups is 2. The second-order valence-electron chi connectivity index (χ2n) is 8.97. The van der Waals surface area contributed by atoms with Gasteiger partial charge in [-0.2, -0.15) is 0 Å². The van der Waals surface area contributed by atoms with Gasteiger partial charge in [0.1, 0.15) is 23.1 Å². The van der Waals surface area contributed by atoms with Crippen LogP contribution in [-0.4, -0.2) is 29.0 Å². The highest BCUT2D eigenvalue weighted by molar-refractivity contribution is 7.09.